The number of ether oxygens (including phenoxy) is 3. The predicted octanol–water partition coefficient (Wildman–Crippen LogP) is 12.9. The minimum absolute atomic E-state index is 0. The average Bonchev–Trinajstić information content (AvgIpc) is 1.59. The molecule has 0 radical (unpaired) electrons. The van der Waals surface area contributed by atoms with Crippen molar-refractivity contribution in [3.63, 3.8) is 0 Å². The molecule has 3 aromatic carbocycles. The van der Waals surface area contributed by atoms with Gasteiger partial charge >= 0.3 is 16.9 Å². The van der Waals surface area contributed by atoms with Gasteiger partial charge in [-0.05, 0) is 168 Å². The summed E-state index contributed by atoms with van der Waals surface area (Å²) < 4.78 is 72.7. The quantitative estimate of drug-likeness (QED) is 0.0421. The molecule has 0 spiro atoms. The van der Waals surface area contributed by atoms with Crippen LogP contribution >= 0.6 is 0 Å². The SMILES string of the molecule is C.O=Cc1cc2c(=O)oc3ccc(F)cc3c2[nH]1.[C-]#[N+]c1cnc2c(c1)N(C1CCC(N)CC1)C(=O)CO2.[C-]#[N+]c1cnc2c(c1)N(C1CCC(NCc3cc4c(=O)oc5ccc(F)cc5c4[nH]3)CC1)C(=O)CO2.[C-]#[N+]c1cnc2c(c1)N(C1CCC(NCc3cc4c(=O)oc5ccc(F)cc5c4[nH]3)CC1)C(=O)CO2. The highest BCUT2D eigenvalue weighted by Crippen LogP contribution is 2.42. The number of amides is 3. The van der Waals surface area contributed by atoms with Gasteiger partial charge in [0.15, 0.2) is 26.1 Å². The van der Waals surface area contributed by atoms with Gasteiger partial charge in [0.1, 0.15) is 34.2 Å². The van der Waals surface area contributed by atoms with Gasteiger partial charge in [-0.1, -0.05) is 7.43 Å². The highest BCUT2D eigenvalue weighted by Gasteiger charge is 2.38. The molecule has 9 aromatic heterocycles. The fourth-order valence-corrected chi connectivity index (χ4v) is 15.2. The first-order valence-corrected chi connectivity index (χ1v) is 35.3. The largest absolute Gasteiger partial charge is 0.466 e. The second kappa shape index (κ2) is 31.4. The van der Waals surface area contributed by atoms with Gasteiger partial charge in [0.2, 0.25) is 34.7 Å². The maximum atomic E-state index is 13.8. The van der Waals surface area contributed by atoms with Crippen LogP contribution in [-0.2, 0) is 27.5 Å². The van der Waals surface area contributed by atoms with Gasteiger partial charge in [-0.15, -0.1) is 0 Å². The van der Waals surface area contributed by atoms with Crippen molar-refractivity contribution < 1.29 is 59.8 Å². The number of pyridine rings is 3. The standard InChI is InChI=1S/2C26H22FN5O4.C14H16N4O2.C12H6FNO3.CH4/c2*1-28-16-10-21-25(30-11-16)35-13-23(33)32(21)18-5-3-15(4-6-18)29-12-17-9-20-24(31-17)19-8-14(27)2-7-22(19)36-26(20)34;1-16-10-6-12-14(17-7-10)20-8-13(19)18(12)11-4-2-9(15)3-5-11;13-6-1-2-10-8(3-6)11-9(12(16)17-10)4-7(5-15)14-11;/h2*2,7-11,15,18,29,31H,3-6,12-13H2;6-7,9,11H,2-5,8,15H2;1-5,14H;1H4. The highest BCUT2D eigenvalue weighted by molar-refractivity contribution is 6.06. The molecular formula is C79H70F3N15O13. The Morgan fingerprint density at radius 1 is 0.455 bits per heavy atom. The summed E-state index contributed by atoms with van der Waals surface area (Å²) in [4.78, 5) is 122. The molecule has 28 nitrogen and oxygen atoms in total. The topological polar surface area (TPSA) is 346 Å². The number of nitrogens with two attached hydrogens (primary N) is 1. The number of rotatable bonds is 10. The summed E-state index contributed by atoms with van der Waals surface area (Å²) in [6.07, 6.45) is 15.2. The van der Waals surface area contributed by atoms with Crippen molar-refractivity contribution in [2.24, 2.45) is 5.73 Å². The lowest BCUT2D eigenvalue weighted by atomic mass is 9.89. The number of nitrogens with one attached hydrogen (secondary N) is 5. The molecular weight excluding hydrogens is 1420 g/mol. The molecule has 110 heavy (non-hydrogen) atoms. The highest BCUT2D eigenvalue weighted by atomic mass is 19.1. The molecule has 3 saturated carbocycles. The smallest absolute Gasteiger partial charge is 0.345 e. The first kappa shape index (κ1) is 73.9. The van der Waals surface area contributed by atoms with Crippen molar-refractivity contribution >= 4 is 124 Å². The fraction of sp³-hybridized carbons (Fsp3) is 0.304. The number of hydrogen-bond donors (Lipinski definition) is 6. The number of halogens is 3. The normalized spacial score (nSPS) is 19.3. The number of benzene rings is 3. The molecule has 6 aliphatic rings. The third-order valence-electron chi connectivity index (χ3n) is 20.4. The number of carbonyl (C=O) groups is 4. The van der Waals surface area contributed by atoms with Crippen LogP contribution < -0.4 is 62.2 Å². The van der Waals surface area contributed by atoms with E-state index in [-0.39, 0.29) is 97.9 Å². The average molecular weight is 1490 g/mol. The first-order valence-electron chi connectivity index (χ1n) is 35.3. The molecule has 0 atom stereocenters. The summed E-state index contributed by atoms with van der Waals surface area (Å²) >= 11 is 0. The summed E-state index contributed by atoms with van der Waals surface area (Å²) in [5.41, 5.74) is 11.7. The second-order valence-corrected chi connectivity index (χ2v) is 27.3. The van der Waals surface area contributed by atoms with Crippen LogP contribution in [0.3, 0.4) is 0 Å². The second-order valence-electron chi connectivity index (χ2n) is 27.3. The number of anilines is 3. The zero-order chi connectivity index (χ0) is 75.7. The number of aldehydes is 1. The maximum Gasteiger partial charge on any atom is 0.345 e. The van der Waals surface area contributed by atoms with E-state index in [9.17, 15) is 46.7 Å². The Morgan fingerprint density at radius 3 is 1.12 bits per heavy atom. The number of hydrogen-bond acceptors (Lipinski definition) is 19. The summed E-state index contributed by atoms with van der Waals surface area (Å²) in [6, 6.07) is 22.8. The van der Waals surface area contributed by atoms with Crippen LogP contribution in [0, 0.1) is 37.2 Å². The minimum atomic E-state index is -0.552. The molecule has 3 aliphatic carbocycles. The summed E-state index contributed by atoms with van der Waals surface area (Å²) in [5.74, 6) is -0.330. The van der Waals surface area contributed by atoms with Crippen LogP contribution in [0.25, 0.3) is 80.2 Å². The number of fused-ring (bicyclic) bond motifs is 12. The molecule has 3 fully saturated rings. The number of carbonyl (C=O) groups excluding carboxylic acids is 4. The number of aromatic nitrogens is 6. The van der Waals surface area contributed by atoms with Crippen molar-refractivity contribution in [1.29, 1.82) is 0 Å². The van der Waals surface area contributed by atoms with Crippen LogP contribution in [0.5, 0.6) is 17.6 Å². The molecule has 0 saturated heterocycles. The predicted molar refractivity (Wildman–Crippen MR) is 401 cm³/mol. The van der Waals surface area contributed by atoms with Gasteiger partial charge in [0.05, 0.1) is 75.2 Å². The molecule has 12 aromatic rings. The zero-order valence-corrected chi connectivity index (χ0v) is 58.0. The number of nitrogens with zero attached hydrogens (tertiary/aromatic N) is 9. The summed E-state index contributed by atoms with van der Waals surface area (Å²) in [5, 5.41) is 9.59. The van der Waals surface area contributed by atoms with Gasteiger partial charge in [-0.2, -0.15) is 0 Å². The molecule has 12 heterocycles. The lowest BCUT2D eigenvalue weighted by Gasteiger charge is -2.39. The fourth-order valence-electron chi connectivity index (χ4n) is 15.2. The van der Waals surface area contributed by atoms with Gasteiger partial charge in [-0.25, -0.2) is 57.0 Å². The van der Waals surface area contributed by atoms with Crippen LogP contribution in [0.2, 0.25) is 0 Å². The lowest BCUT2D eigenvalue weighted by molar-refractivity contribution is -0.122. The van der Waals surface area contributed by atoms with Gasteiger partial charge in [-0.3, -0.25) is 19.2 Å². The van der Waals surface area contributed by atoms with Crippen molar-refractivity contribution in [3.8, 4) is 17.6 Å². The molecule has 560 valence electrons. The van der Waals surface area contributed by atoms with Crippen molar-refractivity contribution in [2.75, 3.05) is 34.5 Å². The van der Waals surface area contributed by atoms with E-state index in [1.54, 1.807) is 45.0 Å². The Hall–Kier alpha value is -13.0. The Morgan fingerprint density at radius 2 is 0.782 bits per heavy atom. The number of H-pyrrole nitrogens is 3. The van der Waals surface area contributed by atoms with E-state index >= 15 is 0 Å². The van der Waals surface area contributed by atoms with Crippen LogP contribution in [0.4, 0.5) is 47.3 Å². The first-order chi connectivity index (χ1) is 52.9. The van der Waals surface area contributed by atoms with Crippen molar-refractivity contribution in [1.82, 2.24) is 40.5 Å². The van der Waals surface area contributed by atoms with E-state index in [0.717, 1.165) is 88.4 Å². The Balaban J connectivity index is 0.000000128. The number of aromatic amines is 3. The molecule has 31 heteroatoms. The van der Waals surface area contributed by atoms with Crippen LogP contribution in [0.15, 0.2) is 137 Å². The molecule has 3 aliphatic heterocycles. The van der Waals surface area contributed by atoms with E-state index in [1.165, 1.54) is 79.3 Å². The van der Waals surface area contributed by atoms with E-state index in [0.29, 0.717) is 126 Å². The third kappa shape index (κ3) is 15.1. The van der Waals surface area contributed by atoms with Gasteiger partial charge in [0.25, 0.3) is 17.7 Å². The molecule has 7 N–H and O–H groups in total. The Kier molecular flexibility index (Phi) is 21.1. The van der Waals surface area contributed by atoms with Crippen LogP contribution in [0.1, 0.15) is 106 Å². The van der Waals surface area contributed by atoms with Crippen LogP contribution in [-0.4, -0.2) is 110 Å². The van der Waals surface area contributed by atoms with E-state index in [2.05, 4.69) is 55.1 Å². The maximum absolute atomic E-state index is 13.8. The Labute approximate surface area is 622 Å². The minimum Gasteiger partial charge on any atom is -0.466 e. The van der Waals surface area contributed by atoms with E-state index in [4.69, 9.17) is 52.9 Å². The van der Waals surface area contributed by atoms with E-state index in [1.807, 2.05) is 0 Å². The van der Waals surface area contributed by atoms with Crippen molar-refractivity contribution in [2.45, 2.75) is 134 Å². The molecule has 18 rings (SSSR count). The summed E-state index contributed by atoms with van der Waals surface area (Å²) in [7, 11) is 0. The van der Waals surface area contributed by atoms with Gasteiger partial charge < -0.3 is 73.5 Å². The molecule has 0 unspecified atom stereocenters. The van der Waals surface area contributed by atoms with Crippen molar-refractivity contribution in [3.05, 3.63) is 210 Å². The zero-order valence-electron chi connectivity index (χ0n) is 58.0. The molecule has 3 amide bonds. The summed E-state index contributed by atoms with van der Waals surface area (Å²) in [6.45, 7) is 22.5. The Bertz CT molecular complexity index is 5710. The van der Waals surface area contributed by atoms with E-state index < -0.39 is 34.3 Å². The van der Waals surface area contributed by atoms with Gasteiger partial charge in [0, 0.05) is 95.5 Å². The lowest BCUT2D eigenvalue weighted by Crippen LogP contribution is -2.49. The third-order valence-corrected chi connectivity index (χ3v) is 20.4. The molecule has 0 bridgehead atoms. The monoisotopic (exact) mass is 1490 g/mol.